The Morgan fingerprint density at radius 1 is 1.04 bits per heavy atom. The number of hydrogen-bond donors (Lipinski definition) is 1. The molecular weight excluding hydrogens is 310 g/mol. The van der Waals surface area contributed by atoms with E-state index in [1.165, 1.54) is 0 Å². The quantitative estimate of drug-likeness (QED) is 0.754. The Morgan fingerprint density at radius 3 is 2.40 bits per heavy atom. The summed E-state index contributed by atoms with van der Waals surface area (Å²) in [5.74, 6) is -0.336. The molecule has 1 aromatic heterocycles. The molecule has 2 aromatic carbocycles. The van der Waals surface area contributed by atoms with Crippen LogP contribution in [0.1, 0.15) is 17.5 Å². The van der Waals surface area contributed by atoms with Crippen molar-refractivity contribution in [2.24, 2.45) is 5.73 Å². The van der Waals surface area contributed by atoms with Gasteiger partial charge in [0.2, 0.25) is 5.91 Å². The lowest BCUT2D eigenvalue weighted by Crippen LogP contribution is -2.44. The van der Waals surface area contributed by atoms with E-state index < -0.39 is 5.41 Å². The van der Waals surface area contributed by atoms with Crippen LogP contribution in [-0.4, -0.2) is 36.4 Å². The summed E-state index contributed by atoms with van der Waals surface area (Å²) in [6.07, 6.45) is 2.36. The summed E-state index contributed by atoms with van der Waals surface area (Å²) >= 11 is 0. The molecule has 0 aliphatic carbocycles. The number of nitrogens with zero attached hydrogens (tertiary/aromatic N) is 2. The maximum atomic E-state index is 12.9. The van der Waals surface area contributed by atoms with Crippen molar-refractivity contribution >= 4 is 16.8 Å². The highest BCUT2D eigenvalue weighted by Crippen LogP contribution is 2.39. The molecule has 0 saturated carbocycles. The van der Waals surface area contributed by atoms with Gasteiger partial charge in [-0.25, -0.2) is 0 Å². The molecule has 25 heavy (non-hydrogen) atoms. The van der Waals surface area contributed by atoms with E-state index in [0.29, 0.717) is 6.42 Å². The van der Waals surface area contributed by atoms with E-state index in [9.17, 15) is 4.79 Å². The average molecular weight is 333 g/mol. The van der Waals surface area contributed by atoms with Crippen LogP contribution in [-0.2, 0) is 10.2 Å². The van der Waals surface area contributed by atoms with E-state index in [1.54, 1.807) is 6.20 Å². The highest BCUT2D eigenvalue weighted by atomic mass is 16.1. The number of fused-ring (bicyclic) bond motifs is 1. The fraction of sp³-hybridized carbons (Fsp3) is 0.238. The Balaban J connectivity index is 2.31. The third-order valence-electron chi connectivity index (χ3n) is 4.73. The molecule has 0 aliphatic rings. The third kappa shape index (κ3) is 3.13. The van der Waals surface area contributed by atoms with E-state index in [0.717, 1.165) is 28.6 Å². The first-order valence-corrected chi connectivity index (χ1v) is 8.40. The SMILES string of the molecule is CN(C)CCC(C(N)=O)(c1ccccc1)c1ccnc2ccccc12. The van der Waals surface area contributed by atoms with E-state index in [4.69, 9.17) is 5.73 Å². The molecule has 1 amide bonds. The van der Waals surface area contributed by atoms with Gasteiger partial charge in [0, 0.05) is 11.6 Å². The van der Waals surface area contributed by atoms with Crippen LogP contribution in [0.5, 0.6) is 0 Å². The number of benzene rings is 2. The van der Waals surface area contributed by atoms with Crippen molar-refractivity contribution in [1.29, 1.82) is 0 Å². The summed E-state index contributed by atoms with van der Waals surface area (Å²) in [6.45, 7) is 0.745. The van der Waals surface area contributed by atoms with Crippen molar-refractivity contribution in [1.82, 2.24) is 9.88 Å². The van der Waals surface area contributed by atoms with Crippen molar-refractivity contribution < 1.29 is 4.79 Å². The Kier molecular flexibility index (Phi) is 4.81. The van der Waals surface area contributed by atoms with Gasteiger partial charge in [-0.3, -0.25) is 9.78 Å². The van der Waals surface area contributed by atoms with Gasteiger partial charge in [-0.2, -0.15) is 0 Å². The molecule has 1 heterocycles. The Labute approximate surface area is 148 Å². The minimum atomic E-state index is -0.895. The predicted octanol–water partition coefficient (Wildman–Crippen LogP) is 2.96. The maximum absolute atomic E-state index is 12.9. The summed E-state index contributed by atoms with van der Waals surface area (Å²) in [5, 5.41) is 0.964. The summed E-state index contributed by atoms with van der Waals surface area (Å²) in [5.41, 5.74) is 7.84. The smallest absolute Gasteiger partial charge is 0.232 e. The zero-order chi connectivity index (χ0) is 17.9. The van der Waals surface area contributed by atoms with Crippen LogP contribution < -0.4 is 5.73 Å². The van der Waals surface area contributed by atoms with Crippen molar-refractivity contribution in [2.75, 3.05) is 20.6 Å². The zero-order valence-corrected chi connectivity index (χ0v) is 14.6. The molecule has 0 spiro atoms. The van der Waals surface area contributed by atoms with Crippen molar-refractivity contribution in [3.8, 4) is 0 Å². The van der Waals surface area contributed by atoms with Crippen LogP contribution in [0.2, 0.25) is 0 Å². The minimum absolute atomic E-state index is 0.336. The van der Waals surface area contributed by atoms with Crippen LogP contribution in [0.4, 0.5) is 0 Å². The van der Waals surface area contributed by atoms with Gasteiger partial charge in [0.05, 0.1) is 5.52 Å². The van der Waals surface area contributed by atoms with Crippen LogP contribution in [0, 0.1) is 0 Å². The molecule has 0 aliphatic heterocycles. The molecule has 2 N–H and O–H groups in total. The first-order chi connectivity index (χ1) is 12.1. The molecule has 0 saturated heterocycles. The van der Waals surface area contributed by atoms with Crippen molar-refractivity contribution in [3.05, 3.63) is 78.0 Å². The fourth-order valence-corrected chi connectivity index (χ4v) is 3.41. The molecule has 0 fully saturated rings. The number of primary amides is 1. The number of nitrogens with two attached hydrogens (primary N) is 1. The third-order valence-corrected chi connectivity index (χ3v) is 4.73. The standard InChI is InChI=1S/C21H23N3O/c1-24(2)15-13-21(20(22)25,16-8-4-3-5-9-16)18-12-14-23-19-11-7-6-10-17(18)19/h3-12,14H,13,15H2,1-2H3,(H2,22,25). The van der Waals surface area contributed by atoms with Gasteiger partial charge in [0.1, 0.15) is 5.41 Å². The lowest BCUT2D eigenvalue weighted by atomic mass is 9.70. The largest absolute Gasteiger partial charge is 0.369 e. The molecule has 4 heteroatoms. The van der Waals surface area contributed by atoms with Crippen LogP contribution in [0.25, 0.3) is 10.9 Å². The number of carbonyl (C=O) groups excluding carboxylic acids is 1. The lowest BCUT2D eigenvalue weighted by molar-refractivity contribution is -0.122. The second kappa shape index (κ2) is 7.03. The number of aromatic nitrogens is 1. The summed E-state index contributed by atoms with van der Waals surface area (Å²) in [4.78, 5) is 19.4. The molecule has 3 rings (SSSR count). The highest BCUT2D eigenvalue weighted by molar-refractivity contribution is 5.96. The average Bonchev–Trinajstić information content (AvgIpc) is 2.63. The molecule has 1 atom stereocenters. The van der Waals surface area contributed by atoms with Gasteiger partial charge < -0.3 is 10.6 Å². The molecule has 0 radical (unpaired) electrons. The number of carbonyl (C=O) groups is 1. The zero-order valence-electron chi connectivity index (χ0n) is 14.6. The summed E-state index contributed by atoms with van der Waals surface area (Å²) < 4.78 is 0. The number of para-hydroxylation sites is 1. The number of hydrogen-bond acceptors (Lipinski definition) is 3. The monoisotopic (exact) mass is 333 g/mol. The Bertz CT molecular complexity index is 871. The van der Waals surface area contributed by atoms with Crippen LogP contribution in [0.15, 0.2) is 66.9 Å². The van der Waals surface area contributed by atoms with E-state index in [2.05, 4.69) is 9.88 Å². The molecule has 0 bridgehead atoms. The van der Waals surface area contributed by atoms with E-state index >= 15 is 0 Å². The van der Waals surface area contributed by atoms with Gasteiger partial charge in [0.15, 0.2) is 0 Å². The maximum Gasteiger partial charge on any atom is 0.232 e. The van der Waals surface area contributed by atoms with Crippen LogP contribution >= 0.6 is 0 Å². The van der Waals surface area contributed by atoms with Gasteiger partial charge in [0.25, 0.3) is 0 Å². The highest BCUT2D eigenvalue weighted by Gasteiger charge is 2.41. The van der Waals surface area contributed by atoms with Crippen molar-refractivity contribution in [2.45, 2.75) is 11.8 Å². The first kappa shape index (κ1) is 17.1. The topological polar surface area (TPSA) is 59.2 Å². The molecule has 128 valence electrons. The van der Waals surface area contributed by atoms with Gasteiger partial charge in [-0.05, 0) is 50.3 Å². The number of amides is 1. The fourth-order valence-electron chi connectivity index (χ4n) is 3.41. The normalized spacial score (nSPS) is 13.7. The molecule has 3 aromatic rings. The molecule has 4 nitrogen and oxygen atoms in total. The lowest BCUT2D eigenvalue weighted by Gasteiger charge is -2.33. The second-order valence-electron chi connectivity index (χ2n) is 6.56. The predicted molar refractivity (Wildman–Crippen MR) is 101 cm³/mol. The number of rotatable bonds is 6. The van der Waals surface area contributed by atoms with Crippen LogP contribution in [0.3, 0.4) is 0 Å². The van der Waals surface area contributed by atoms with Gasteiger partial charge in [-0.15, -0.1) is 0 Å². The van der Waals surface area contributed by atoms with E-state index in [-0.39, 0.29) is 5.91 Å². The van der Waals surface area contributed by atoms with E-state index in [1.807, 2.05) is 74.8 Å². The molecular formula is C21H23N3O. The summed E-state index contributed by atoms with van der Waals surface area (Å²) in [7, 11) is 4.00. The van der Waals surface area contributed by atoms with Gasteiger partial charge in [-0.1, -0.05) is 48.5 Å². The molecule has 1 unspecified atom stereocenters. The Hall–Kier alpha value is -2.72. The van der Waals surface area contributed by atoms with Gasteiger partial charge >= 0.3 is 0 Å². The first-order valence-electron chi connectivity index (χ1n) is 8.40. The second-order valence-corrected chi connectivity index (χ2v) is 6.56. The minimum Gasteiger partial charge on any atom is -0.369 e. The number of pyridine rings is 1. The summed E-state index contributed by atoms with van der Waals surface area (Å²) in [6, 6.07) is 19.6. The van der Waals surface area contributed by atoms with Crippen molar-refractivity contribution in [3.63, 3.8) is 0 Å². The Morgan fingerprint density at radius 2 is 1.72 bits per heavy atom.